The van der Waals surface area contributed by atoms with Gasteiger partial charge in [-0.2, -0.15) is 13.2 Å². The molecule has 22 heavy (non-hydrogen) atoms. The van der Waals surface area contributed by atoms with Gasteiger partial charge >= 0.3 is 6.18 Å². The topological polar surface area (TPSA) is 15.3 Å². The van der Waals surface area contributed by atoms with E-state index in [1.54, 1.807) is 12.1 Å². The minimum atomic E-state index is -4.30. The maximum Gasteiger partial charge on any atom is 0.416 e. The molecule has 0 radical (unpaired) electrons. The average molecular weight is 314 g/mol. The highest BCUT2D eigenvalue weighted by Gasteiger charge is 2.37. The van der Waals surface area contributed by atoms with Gasteiger partial charge in [0.2, 0.25) is 0 Å². The standard InChI is InChI=1S/C17H25F3N2/c1-3-6-13(2)16(22-11-9-21-10-12-22)14-7-4-5-8-15(14)17(18,19)20/h4-5,7-8,13,16,21H,3,6,9-12H2,1-2H3/t13?,16-/m1/s1. The smallest absolute Gasteiger partial charge is 0.314 e. The van der Waals surface area contributed by atoms with E-state index in [0.717, 1.165) is 39.0 Å². The zero-order chi connectivity index (χ0) is 16.2. The lowest BCUT2D eigenvalue weighted by Gasteiger charge is -2.39. The summed E-state index contributed by atoms with van der Waals surface area (Å²) in [6.07, 6.45) is -2.38. The lowest BCUT2D eigenvalue weighted by Crippen LogP contribution is -2.47. The SMILES string of the molecule is CCCC(C)[C@H](c1ccccc1C(F)(F)F)N1CCNCC1. The number of halogens is 3. The Hall–Kier alpha value is -1.07. The van der Waals surface area contributed by atoms with Crippen LogP contribution in [0.5, 0.6) is 0 Å². The van der Waals surface area contributed by atoms with Crippen molar-refractivity contribution in [3.05, 3.63) is 35.4 Å². The number of nitrogens with one attached hydrogen (secondary N) is 1. The molecule has 1 N–H and O–H groups in total. The summed E-state index contributed by atoms with van der Waals surface area (Å²) in [7, 11) is 0. The molecule has 1 unspecified atom stereocenters. The zero-order valence-corrected chi connectivity index (χ0v) is 13.3. The van der Waals surface area contributed by atoms with Crippen LogP contribution in [0.4, 0.5) is 13.2 Å². The Labute approximate surface area is 130 Å². The molecular weight excluding hydrogens is 289 g/mol. The molecule has 1 fully saturated rings. The van der Waals surface area contributed by atoms with E-state index in [-0.39, 0.29) is 12.0 Å². The number of nitrogens with zero attached hydrogens (tertiary/aromatic N) is 1. The fourth-order valence-electron chi connectivity index (χ4n) is 3.45. The molecule has 0 saturated carbocycles. The van der Waals surface area contributed by atoms with Crippen molar-refractivity contribution in [3.63, 3.8) is 0 Å². The minimum absolute atomic E-state index is 0.167. The van der Waals surface area contributed by atoms with Gasteiger partial charge in [0.05, 0.1) is 5.56 Å². The van der Waals surface area contributed by atoms with Gasteiger partial charge in [0.15, 0.2) is 0 Å². The molecule has 5 heteroatoms. The Balaban J connectivity index is 2.40. The second-order valence-corrected chi connectivity index (χ2v) is 6.08. The van der Waals surface area contributed by atoms with Gasteiger partial charge in [-0.05, 0) is 24.0 Å². The van der Waals surface area contributed by atoms with Crippen LogP contribution in [0.25, 0.3) is 0 Å². The van der Waals surface area contributed by atoms with Crippen LogP contribution in [-0.2, 0) is 6.18 Å². The summed E-state index contributed by atoms with van der Waals surface area (Å²) in [4.78, 5) is 2.21. The van der Waals surface area contributed by atoms with E-state index in [2.05, 4.69) is 24.1 Å². The molecule has 0 aromatic heterocycles. The quantitative estimate of drug-likeness (QED) is 0.880. The molecule has 2 atom stereocenters. The first-order valence-electron chi connectivity index (χ1n) is 8.06. The molecule has 1 aromatic rings. The summed E-state index contributed by atoms with van der Waals surface area (Å²) in [5.41, 5.74) is -0.0562. The third-order valence-electron chi connectivity index (χ3n) is 4.41. The van der Waals surface area contributed by atoms with Crippen LogP contribution in [0.1, 0.15) is 43.9 Å². The summed E-state index contributed by atoms with van der Waals surface area (Å²) in [6, 6.07) is 5.90. The molecule has 1 aromatic carbocycles. The monoisotopic (exact) mass is 314 g/mol. The molecule has 0 bridgehead atoms. The number of hydrogen-bond acceptors (Lipinski definition) is 2. The first-order valence-corrected chi connectivity index (χ1v) is 8.06. The van der Waals surface area contributed by atoms with Crippen molar-refractivity contribution in [2.24, 2.45) is 5.92 Å². The molecule has 1 heterocycles. The summed E-state index contributed by atoms with van der Waals surface area (Å²) in [5, 5.41) is 3.27. The molecule has 0 aliphatic carbocycles. The molecular formula is C17H25F3N2. The van der Waals surface area contributed by atoms with Gasteiger partial charge < -0.3 is 5.32 Å². The van der Waals surface area contributed by atoms with Gasteiger partial charge in [-0.25, -0.2) is 0 Å². The lowest BCUT2D eigenvalue weighted by atomic mass is 9.86. The van der Waals surface area contributed by atoms with Gasteiger partial charge in [-0.3, -0.25) is 4.90 Å². The van der Waals surface area contributed by atoms with Crippen molar-refractivity contribution in [2.75, 3.05) is 26.2 Å². The van der Waals surface area contributed by atoms with Crippen molar-refractivity contribution >= 4 is 0 Å². The van der Waals surface area contributed by atoms with Crippen LogP contribution in [-0.4, -0.2) is 31.1 Å². The van der Waals surface area contributed by atoms with Crippen molar-refractivity contribution in [1.29, 1.82) is 0 Å². The molecule has 1 aliphatic heterocycles. The summed E-state index contributed by atoms with van der Waals surface area (Å²) in [6.45, 7) is 7.42. The third kappa shape index (κ3) is 4.02. The number of piperazine rings is 1. The predicted molar refractivity (Wildman–Crippen MR) is 82.7 cm³/mol. The second kappa shape index (κ2) is 7.47. The minimum Gasteiger partial charge on any atom is -0.314 e. The average Bonchev–Trinajstić information content (AvgIpc) is 2.48. The fourth-order valence-corrected chi connectivity index (χ4v) is 3.45. The number of benzene rings is 1. The maximum absolute atomic E-state index is 13.4. The van der Waals surface area contributed by atoms with Gasteiger partial charge in [-0.15, -0.1) is 0 Å². The molecule has 2 nitrogen and oxygen atoms in total. The van der Waals surface area contributed by atoms with Gasteiger partial charge in [0, 0.05) is 32.2 Å². The van der Waals surface area contributed by atoms with E-state index in [9.17, 15) is 13.2 Å². The molecule has 124 valence electrons. The van der Waals surface area contributed by atoms with Crippen LogP contribution < -0.4 is 5.32 Å². The largest absolute Gasteiger partial charge is 0.416 e. The van der Waals surface area contributed by atoms with Crippen LogP contribution in [0, 0.1) is 5.92 Å². The van der Waals surface area contributed by atoms with E-state index in [4.69, 9.17) is 0 Å². The first kappa shape index (κ1) is 17.3. The number of hydrogen-bond donors (Lipinski definition) is 1. The van der Waals surface area contributed by atoms with Gasteiger partial charge in [-0.1, -0.05) is 38.5 Å². The summed E-state index contributed by atoms with van der Waals surface area (Å²) in [5.74, 6) is 0.201. The zero-order valence-electron chi connectivity index (χ0n) is 13.3. The normalized spacial score (nSPS) is 19.9. The highest BCUT2D eigenvalue weighted by atomic mass is 19.4. The molecule has 0 amide bonds. The highest BCUT2D eigenvalue weighted by molar-refractivity contribution is 5.33. The molecule has 0 spiro atoms. The Morgan fingerprint density at radius 3 is 2.41 bits per heavy atom. The van der Waals surface area contributed by atoms with E-state index >= 15 is 0 Å². The first-order chi connectivity index (χ1) is 10.4. The Morgan fingerprint density at radius 2 is 1.82 bits per heavy atom. The highest BCUT2D eigenvalue weighted by Crippen LogP contribution is 2.40. The summed E-state index contributed by atoms with van der Waals surface area (Å²) < 4.78 is 40.2. The van der Waals surface area contributed by atoms with E-state index in [1.807, 2.05) is 0 Å². The Bertz CT molecular complexity index is 467. The van der Waals surface area contributed by atoms with Crippen LogP contribution in [0.15, 0.2) is 24.3 Å². The summed E-state index contributed by atoms with van der Waals surface area (Å²) >= 11 is 0. The molecule has 2 rings (SSSR count). The van der Waals surface area contributed by atoms with Gasteiger partial charge in [0.25, 0.3) is 0 Å². The van der Waals surface area contributed by atoms with Crippen molar-refractivity contribution in [3.8, 4) is 0 Å². The number of alkyl halides is 3. The number of rotatable bonds is 5. The van der Waals surface area contributed by atoms with E-state index in [0.29, 0.717) is 5.56 Å². The fraction of sp³-hybridized carbons (Fsp3) is 0.647. The Morgan fingerprint density at radius 1 is 1.18 bits per heavy atom. The predicted octanol–water partition coefficient (Wildman–Crippen LogP) is 4.09. The van der Waals surface area contributed by atoms with Crippen molar-refractivity contribution in [2.45, 2.75) is 38.9 Å². The van der Waals surface area contributed by atoms with Crippen LogP contribution in [0.3, 0.4) is 0 Å². The van der Waals surface area contributed by atoms with Crippen molar-refractivity contribution < 1.29 is 13.2 Å². The maximum atomic E-state index is 13.4. The Kier molecular flexibility index (Phi) is 5.87. The van der Waals surface area contributed by atoms with Gasteiger partial charge in [0.1, 0.15) is 0 Å². The van der Waals surface area contributed by atoms with Crippen LogP contribution in [0.2, 0.25) is 0 Å². The third-order valence-corrected chi connectivity index (χ3v) is 4.41. The van der Waals surface area contributed by atoms with Crippen molar-refractivity contribution in [1.82, 2.24) is 10.2 Å². The molecule has 1 aliphatic rings. The lowest BCUT2D eigenvalue weighted by molar-refractivity contribution is -0.139. The second-order valence-electron chi connectivity index (χ2n) is 6.08. The molecule has 1 saturated heterocycles. The van der Waals surface area contributed by atoms with E-state index in [1.165, 1.54) is 12.1 Å². The van der Waals surface area contributed by atoms with E-state index < -0.39 is 11.7 Å². The van der Waals surface area contributed by atoms with Crippen LogP contribution >= 0.6 is 0 Å².